The molecule has 0 N–H and O–H groups in total. The van der Waals surface area contributed by atoms with Gasteiger partial charge in [0.05, 0.1) is 0 Å². The van der Waals surface area contributed by atoms with E-state index in [1.165, 1.54) is 0 Å². The fraction of sp³-hybridized carbons (Fsp3) is 0.812. The minimum Gasteiger partial charge on any atom is -0.420 e. The van der Waals surface area contributed by atoms with E-state index in [0.717, 1.165) is 45.3 Å². The molecule has 128 valence electrons. The molecule has 7 heteroatoms. The lowest BCUT2D eigenvalue weighted by molar-refractivity contribution is 0.0808. The quantitative estimate of drug-likeness (QED) is 0.852. The summed E-state index contributed by atoms with van der Waals surface area (Å²) in [6, 6.07) is -0.0453. The average Bonchev–Trinajstić information content (AvgIpc) is 3.27. The number of likely N-dealkylation sites (tertiary alicyclic amines) is 1. The SMILES string of the molecule is CCN(CC)C(=O)N1CCCC[C@@H]1c1nnc([C@H]2CCCO2)o1. The van der Waals surface area contributed by atoms with Crippen molar-refractivity contribution in [3.8, 4) is 0 Å². The van der Waals surface area contributed by atoms with Crippen molar-refractivity contribution in [2.75, 3.05) is 26.2 Å². The number of hydrogen-bond donors (Lipinski definition) is 0. The first-order valence-corrected chi connectivity index (χ1v) is 8.75. The summed E-state index contributed by atoms with van der Waals surface area (Å²) in [5.74, 6) is 1.11. The number of aromatic nitrogens is 2. The first kappa shape index (κ1) is 16.2. The van der Waals surface area contributed by atoms with Gasteiger partial charge in [-0.1, -0.05) is 0 Å². The summed E-state index contributed by atoms with van der Waals surface area (Å²) in [6.45, 7) is 6.92. The van der Waals surface area contributed by atoms with Gasteiger partial charge in [0.1, 0.15) is 12.1 Å². The van der Waals surface area contributed by atoms with E-state index in [1.807, 2.05) is 23.6 Å². The van der Waals surface area contributed by atoms with E-state index in [0.29, 0.717) is 24.9 Å². The lowest BCUT2D eigenvalue weighted by Crippen LogP contribution is -2.46. The summed E-state index contributed by atoms with van der Waals surface area (Å²) in [5, 5.41) is 8.38. The summed E-state index contributed by atoms with van der Waals surface area (Å²) < 4.78 is 11.5. The first-order chi connectivity index (χ1) is 11.2. The van der Waals surface area contributed by atoms with Gasteiger partial charge in [0, 0.05) is 26.2 Å². The second kappa shape index (κ2) is 7.29. The molecular formula is C16H26N4O3. The molecule has 0 bridgehead atoms. The van der Waals surface area contributed by atoms with E-state index < -0.39 is 0 Å². The molecule has 7 nitrogen and oxygen atoms in total. The Balaban J connectivity index is 1.77. The molecule has 2 saturated heterocycles. The van der Waals surface area contributed by atoms with E-state index >= 15 is 0 Å². The number of ether oxygens (including phenoxy) is 1. The summed E-state index contributed by atoms with van der Waals surface area (Å²) in [5.41, 5.74) is 0. The topological polar surface area (TPSA) is 71.7 Å². The predicted octanol–water partition coefficient (Wildman–Crippen LogP) is 2.91. The Bertz CT molecular complexity index is 523. The van der Waals surface area contributed by atoms with Gasteiger partial charge in [0.25, 0.3) is 0 Å². The van der Waals surface area contributed by atoms with Crippen molar-refractivity contribution in [2.45, 2.75) is 58.1 Å². The molecule has 0 aromatic carbocycles. The van der Waals surface area contributed by atoms with Crippen LogP contribution in [0.2, 0.25) is 0 Å². The van der Waals surface area contributed by atoms with Crippen molar-refractivity contribution in [1.29, 1.82) is 0 Å². The van der Waals surface area contributed by atoms with Gasteiger partial charge in [0.2, 0.25) is 11.8 Å². The lowest BCUT2D eigenvalue weighted by atomic mass is 10.0. The van der Waals surface area contributed by atoms with Crippen LogP contribution in [0.3, 0.4) is 0 Å². The van der Waals surface area contributed by atoms with Crippen molar-refractivity contribution in [1.82, 2.24) is 20.0 Å². The maximum atomic E-state index is 12.7. The highest BCUT2D eigenvalue weighted by atomic mass is 16.5. The van der Waals surface area contributed by atoms with Gasteiger partial charge in [-0.05, 0) is 46.0 Å². The molecule has 2 amide bonds. The van der Waals surface area contributed by atoms with Crippen LogP contribution in [0, 0.1) is 0 Å². The van der Waals surface area contributed by atoms with Crippen LogP contribution in [0.25, 0.3) is 0 Å². The zero-order chi connectivity index (χ0) is 16.2. The van der Waals surface area contributed by atoms with Crippen LogP contribution in [0.15, 0.2) is 4.42 Å². The molecule has 3 rings (SSSR count). The number of amides is 2. The second-order valence-electron chi connectivity index (χ2n) is 6.14. The smallest absolute Gasteiger partial charge is 0.320 e. The van der Waals surface area contributed by atoms with Gasteiger partial charge < -0.3 is 19.0 Å². The molecule has 2 atom stereocenters. The van der Waals surface area contributed by atoms with E-state index in [2.05, 4.69) is 10.2 Å². The summed E-state index contributed by atoms with van der Waals surface area (Å²) in [6.07, 6.45) is 4.85. The van der Waals surface area contributed by atoms with Crippen LogP contribution in [0.4, 0.5) is 4.79 Å². The Hall–Kier alpha value is -1.63. The Morgan fingerprint density at radius 3 is 2.65 bits per heavy atom. The highest BCUT2D eigenvalue weighted by molar-refractivity contribution is 5.75. The highest BCUT2D eigenvalue weighted by Gasteiger charge is 2.34. The van der Waals surface area contributed by atoms with Crippen LogP contribution in [-0.2, 0) is 4.74 Å². The third-order valence-corrected chi connectivity index (χ3v) is 4.73. The minimum absolute atomic E-state index is 0.0663. The number of urea groups is 1. The highest BCUT2D eigenvalue weighted by Crippen LogP contribution is 2.33. The van der Waals surface area contributed by atoms with Crippen LogP contribution in [0.5, 0.6) is 0 Å². The van der Waals surface area contributed by atoms with Crippen LogP contribution >= 0.6 is 0 Å². The van der Waals surface area contributed by atoms with E-state index in [1.54, 1.807) is 0 Å². The van der Waals surface area contributed by atoms with Crippen molar-refractivity contribution in [3.63, 3.8) is 0 Å². The molecule has 0 spiro atoms. The zero-order valence-electron chi connectivity index (χ0n) is 14.0. The van der Waals surface area contributed by atoms with Crippen LogP contribution in [-0.4, -0.2) is 52.3 Å². The number of nitrogens with zero attached hydrogens (tertiary/aromatic N) is 4. The van der Waals surface area contributed by atoms with Gasteiger partial charge >= 0.3 is 6.03 Å². The van der Waals surface area contributed by atoms with Crippen molar-refractivity contribution in [2.24, 2.45) is 0 Å². The van der Waals surface area contributed by atoms with Gasteiger partial charge in [-0.2, -0.15) is 0 Å². The molecular weight excluding hydrogens is 296 g/mol. The molecule has 23 heavy (non-hydrogen) atoms. The van der Waals surface area contributed by atoms with Crippen molar-refractivity contribution >= 4 is 6.03 Å². The van der Waals surface area contributed by atoms with Gasteiger partial charge in [-0.15, -0.1) is 10.2 Å². The molecule has 0 unspecified atom stereocenters. The molecule has 2 fully saturated rings. The molecule has 1 aromatic heterocycles. The number of rotatable bonds is 4. The Morgan fingerprint density at radius 1 is 1.17 bits per heavy atom. The summed E-state index contributed by atoms with van der Waals surface area (Å²) in [4.78, 5) is 16.5. The largest absolute Gasteiger partial charge is 0.420 e. The van der Waals surface area contributed by atoms with Crippen LogP contribution in [0.1, 0.15) is 69.9 Å². The van der Waals surface area contributed by atoms with E-state index in [9.17, 15) is 4.79 Å². The Labute approximate surface area is 137 Å². The molecule has 0 radical (unpaired) electrons. The lowest BCUT2D eigenvalue weighted by Gasteiger charge is -2.36. The zero-order valence-corrected chi connectivity index (χ0v) is 14.0. The maximum Gasteiger partial charge on any atom is 0.320 e. The Morgan fingerprint density at radius 2 is 1.96 bits per heavy atom. The molecule has 0 saturated carbocycles. The molecule has 3 heterocycles. The number of carbonyl (C=O) groups excluding carboxylic acids is 1. The molecule has 2 aliphatic rings. The number of hydrogen-bond acceptors (Lipinski definition) is 5. The maximum absolute atomic E-state index is 12.7. The third-order valence-electron chi connectivity index (χ3n) is 4.73. The fourth-order valence-corrected chi connectivity index (χ4v) is 3.38. The number of piperidine rings is 1. The molecule has 0 aliphatic carbocycles. The van der Waals surface area contributed by atoms with Crippen LogP contribution < -0.4 is 0 Å². The normalized spacial score (nSPS) is 24.9. The van der Waals surface area contributed by atoms with Crippen molar-refractivity contribution in [3.05, 3.63) is 11.8 Å². The van der Waals surface area contributed by atoms with Gasteiger partial charge in [-0.3, -0.25) is 0 Å². The third kappa shape index (κ3) is 3.34. The van der Waals surface area contributed by atoms with E-state index in [4.69, 9.17) is 9.15 Å². The monoisotopic (exact) mass is 322 g/mol. The van der Waals surface area contributed by atoms with E-state index in [-0.39, 0.29) is 18.2 Å². The average molecular weight is 322 g/mol. The van der Waals surface area contributed by atoms with Gasteiger partial charge in [-0.25, -0.2) is 4.79 Å². The molecule has 1 aromatic rings. The molecule has 2 aliphatic heterocycles. The summed E-state index contributed by atoms with van der Waals surface area (Å²) >= 11 is 0. The Kier molecular flexibility index (Phi) is 5.15. The summed E-state index contributed by atoms with van der Waals surface area (Å²) in [7, 11) is 0. The second-order valence-corrected chi connectivity index (χ2v) is 6.14. The van der Waals surface area contributed by atoms with Gasteiger partial charge in [0.15, 0.2) is 0 Å². The standard InChI is InChI=1S/C16H26N4O3/c1-3-19(4-2)16(21)20-10-6-5-8-12(20)14-17-18-15(23-14)13-9-7-11-22-13/h12-13H,3-11H2,1-2H3/t12-,13-/m1/s1. The fourth-order valence-electron chi connectivity index (χ4n) is 3.38. The predicted molar refractivity (Wildman–Crippen MR) is 83.8 cm³/mol. The van der Waals surface area contributed by atoms with Crippen molar-refractivity contribution < 1.29 is 13.9 Å². The number of carbonyl (C=O) groups is 1. The first-order valence-electron chi connectivity index (χ1n) is 8.75. The minimum atomic E-state index is -0.112.